The fraction of sp³-hybridized carbons (Fsp3) is 0.353. The van der Waals surface area contributed by atoms with E-state index in [1.54, 1.807) is 0 Å². The summed E-state index contributed by atoms with van der Waals surface area (Å²) in [4.78, 5) is 21.1. The first-order chi connectivity index (χ1) is 11.7. The topological polar surface area (TPSA) is 73.0 Å². The van der Waals surface area contributed by atoms with E-state index >= 15 is 0 Å². The molecule has 3 aromatic heterocycles. The summed E-state index contributed by atoms with van der Waals surface area (Å²) in [5.41, 5.74) is 0.778. The van der Waals surface area contributed by atoms with Gasteiger partial charge in [0, 0.05) is 36.8 Å². The molecule has 1 N–H and O–H groups in total. The van der Waals surface area contributed by atoms with E-state index in [4.69, 9.17) is 4.42 Å². The Labute approximate surface area is 143 Å². The number of aromatic nitrogens is 3. The molecule has 0 radical (unpaired) electrons. The predicted octanol–water partition coefficient (Wildman–Crippen LogP) is 2.58. The van der Waals surface area contributed by atoms with Gasteiger partial charge in [-0.1, -0.05) is 0 Å². The molecule has 1 aliphatic rings. The van der Waals surface area contributed by atoms with Gasteiger partial charge in [-0.2, -0.15) is 0 Å². The lowest BCUT2D eigenvalue weighted by molar-refractivity contribution is -0.121. The predicted molar refractivity (Wildman–Crippen MR) is 90.7 cm³/mol. The maximum atomic E-state index is 12.3. The minimum absolute atomic E-state index is 0.0102. The zero-order valence-electron chi connectivity index (χ0n) is 13.4. The van der Waals surface area contributed by atoms with Gasteiger partial charge in [-0.15, -0.1) is 11.3 Å². The van der Waals surface area contributed by atoms with Crippen molar-refractivity contribution in [2.75, 3.05) is 0 Å². The first-order valence-corrected chi connectivity index (χ1v) is 8.86. The van der Waals surface area contributed by atoms with E-state index in [0.717, 1.165) is 47.4 Å². The number of fused-ring (bicyclic) bond motifs is 1. The molecule has 1 amide bonds. The lowest BCUT2D eigenvalue weighted by Crippen LogP contribution is -2.41. The van der Waals surface area contributed by atoms with Crippen LogP contribution < -0.4 is 5.32 Å². The maximum absolute atomic E-state index is 12.3. The van der Waals surface area contributed by atoms with Crippen LogP contribution in [-0.2, 0) is 24.2 Å². The minimum Gasteiger partial charge on any atom is -0.459 e. The number of imidazole rings is 1. The molecule has 3 aromatic rings. The van der Waals surface area contributed by atoms with Crippen molar-refractivity contribution < 1.29 is 9.21 Å². The summed E-state index contributed by atoms with van der Waals surface area (Å²) >= 11 is 1.50. The highest BCUT2D eigenvalue weighted by Crippen LogP contribution is 2.25. The second-order valence-corrected chi connectivity index (χ2v) is 6.89. The second-order valence-electron chi connectivity index (χ2n) is 6.03. The average Bonchev–Trinajstić information content (AvgIpc) is 3.27. The van der Waals surface area contributed by atoms with Crippen LogP contribution in [0.2, 0.25) is 0 Å². The molecule has 0 saturated heterocycles. The Bertz CT molecular complexity index is 863. The average molecular weight is 342 g/mol. The Balaban J connectivity index is 1.36. The molecule has 0 bridgehead atoms. The smallest absolute Gasteiger partial charge is 0.226 e. The Morgan fingerprint density at radius 2 is 2.42 bits per heavy atom. The van der Waals surface area contributed by atoms with Crippen molar-refractivity contribution in [3.05, 3.63) is 47.2 Å². The summed E-state index contributed by atoms with van der Waals surface area (Å²) in [6, 6.07) is 3.98. The number of aryl methyl sites for hydroxylation is 2. The van der Waals surface area contributed by atoms with Crippen LogP contribution in [-0.4, -0.2) is 26.5 Å². The molecule has 0 saturated carbocycles. The van der Waals surface area contributed by atoms with E-state index in [9.17, 15) is 4.79 Å². The van der Waals surface area contributed by atoms with Gasteiger partial charge in [0.1, 0.15) is 11.6 Å². The van der Waals surface area contributed by atoms with Crippen molar-refractivity contribution in [2.24, 2.45) is 0 Å². The monoisotopic (exact) mass is 342 g/mol. The van der Waals surface area contributed by atoms with E-state index in [1.165, 1.54) is 11.3 Å². The molecule has 0 aliphatic carbocycles. The van der Waals surface area contributed by atoms with E-state index < -0.39 is 0 Å². The number of furan rings is 1. The van der Waals surface area contributed by atoms with Crippen LogP contribution in [0.15, 0.2) is 34.3 Å². The van der Waals surface area contributed by atoms with Crippen LogP contribution in [0.3, 0.4) is 0 Å². The van der Waals surface area contributed by atoms with Gasteiger partial charge in [-0.3, -0.25) is 4.79 Å². The highest BCUT2D eigenvalue weighted by Gasteiger charge is 2.21. The summed E-state index contributed by atoms with van der Waals surface area (Å²) in [5.74, 6) is 2.72. The molecule has 0 fully saturated rings. The number of thiazole rings is 1. The molecule has 7 heteroatoms. The summed E-state index contributed by atoms with van der Waals surface area (Å²) in [6.45, 7) is 2.69. The molecular formula is C17H18N4O2S. The zero-order valence-corrected chi connectivity index (χ0v) is 14.2. The van der Waals surface area contributed by atoms with Gasteiger partial charge in [0.05, 0.1) is 12.1 Å². The Hall–Kier alpha value is -2.41. The van der Waals surface area contributed by atoms with Crippen LogP contribution >= 0.6 is 11.3 Å². The van der Waals surface area contributed by atoms with Crippen molar-refractivity contribution in [3.8, 4) is 10.8 Å². The van der Waals surface area contributed by atoms with Crippen molar-refractivity contribution in [1.29, 1.82) is 0 Å². The van der Waals surface area contributed by atoms with Crippen molar-refractivity contribution >= 4 is 17.2 Å². The van der Waals surface area contributed by atoms with Crippen LogP contribution in [0.4, 0.5) is 0 Å². The molecule has 0 spiro atoms. The first-order valence-electron chi connectivity index (χ1n) is 7.98. The highest BCUT2D eigenvalue weighted by molar-refractivity contribution is 7.13. The lowest BCUT2D eigenvalue weighted by Gasteiger charge is -2.24. The van der Waals surface area contributed by atoms with E-state index in [2.05, 4.69) is 19.9 Å². The second kappa shape index (κ2) is 6.24. The quantitative estimate of drug-likeness (QED) is 0.791. The van der Waals surface area contributed by atoms with Crippen molar-refractivity contribution in [2.45, 2.75) is 38.8 Å². The number of hydrogen-bond acceptors (Lipinski definition) is 5. The molecule has 6 nitrogen and oxygen atoms in total. The minimum atomic E-state index is 0.0102. The van der Waals surface area contributed by atoms with E-state index in [0.29, 0.717) is 6.42 Å². The highest BCUT2D eigenvalue weighted by atomic mass is 32.1. The molecule has 24 heavy (non-hydrogen) atoms. The zero-order chi connectivity index (χ0) is 16.5. The molecule has 0 unspecified atom stereocenters. The Morgan fingerprint density at radius 1 is 1.50 bits per heavy atom. The number of hydrogen-bond donors (Lipinski definition) is 1. The Morgan fingerprint density at radius 3 is 3.25 bits per heavy atom. The van der Waals surface area contributed by atoms with Crippen molar-refractivity contribution in [3.63, 3.8) is 0 Å². The summed E-state index contributed by atoms with van der Waals surface area (Å²) < 4.78 is 7.68. The van der Waals surface area contributed by atoms with Crippen LogP contribution in [0.5, 0.6) is 0 Å². The third-order valence-corrected chi connectivity index (χ3v) is 5.05. The largest absolute Gasteiger partial charge is 0.459 e. The number of nitrogens with one attached hydrogen (secondary N) is 1. The molecule has 4 heterocycles. The first kappa shape index (κ1) is 15.1. The van der Waals surface area contributed by atoms with E-state index in [-0.39, 0.29) is 11.9 Å². The third kappa shape index (κ3) is 3.12. The number of carbonyl (C=O) groups excluding carboxylic acids is 1. The summed E-state index contributed by atoms with van der Waals surface area (Å²) in [6.07, 6.45) is 5.90. The van der Waals surface area contributed by atoms with Crippen molar-refractivity contribution in [1.82, 2.24) is 19.9 Å². The molecule has 1 atom stereocenters. The van der Waals surface area contributed by atoms with Gasteiger partial charge >= 0.3 is 0 Å². The van der Waals surface area contributed by atoms with Gasteiger partial charge < -0.3 is 14.3 Å². The molecule has 0 aromatic carbocycles. The number of nitrogens with zero attached hydrogens (tertiary/aromatic N) is 3. The maximum Gasteiger partial charge on any atom is 0.226 e. The molecule has 1 aliphatic heterocycles. The molecule has 4 rings (SSSR count). The van der Waals surface area contributed by atoms with Gasteiger partial charge in [0.25, 0.3) is 0 Å². The molecular weight excluding hydrogens is 324 g/mol. The van der Waals surface area contributed by atoms with Gasteiger partial charge in [-0.05, 0) is 25.5 Å². The fourth-order valence-corrected chi connectivity index (χ4v) is 3.76. The third-order valence-electron chi connectivity index (χ3n) is 4.14. The number of amides is 1. The SMILES string of the molecule is Cc1ccc(-c2nc(CC(=O)N[C@@H]3CCc4nccn4C3)cs2)o1. The van der Waals surface area contributed by atoms with E-state index in [1.807, 2.05) is 36.8 Å². The Kier molecular flexibility index (Phi) is 3.93. The lowest BCUT2D eigenvalue weighted by atomic mass is 10.1. The summed E-state index contributed by atoms with van der Waals surface area (Å²) in [7, 11) is 0. The van der Waals surface area contributed by atoms with Crippen LogP contribution in [0.1, 0.15) is 23.7 Å². The van der Waals surface area contributed by atoms with Gasteiger partial charge in [0.15, 0.2) is 10.8 Å². The normalized spacial score (nSPS) is 16.8. The summed E-state index contributed by atoms with van der Waals surface area (Å²) in [5, 5.41) is 5.83. The number of rotatable bonds is 4. The fourth-order valence-electron chi connectivity index (χ4n) is 2.98. The van der Waals surface area contributed by atoms with Gasteiger partial charge in [-0.25, -0.2) is 9.97 Å². The van der Waals surface area contributed by atoms with Crippen LogP contribution in [0, 0.1) is 6.92 Å². The number of carbonyl (C=O) groups is 1. The van der Waals surface area contributed by atoms with Gasteiger partial charge in [0.2, 0.25) is 5.91 Å². The van der Waals surface area contributed by atoms with Crippen LogP contribution in [0.25, 0.3) is 10.8 Å². The molecule has 124 valence electrons. The standard InChI is InChI=1S/C17H18N4O2S/c1-11-2-4-14(23-11)17-20-13(10-24-17)8-16(22)19-12-3-5-15-18-6-7-21(15)9-12/h2,4,6-7,10,12H,3,5,8-9H2,1H3,(H,19,22)/t12-/m1/s1.